The van der Waals surface area contributed by atoms with E-state index in [1.807, 2.05) is 17.0 Å². The van der Waals surface area contributed by atoms with E-state index >= 15 is 0 Å². The molecule has 0 aliphatic carbocycles. The highest BCUT2D eigenvalue weighted by Crippen LogP contribution is 2.14. The SMILES string of the molecule is O=C(CCn1nnnc1-c1ccncc1)N1CCNCC1. The van der Waals surface area contributed by atoms with E-state index in [4.69, 9.17) is 0 Å². The number of pyridine rings is 1. The van der Waals surface area contributed by atoms with Gasteiger partial charge in [0.2, 0.25) is 5.91 Å². The zero-order valence-corrected chi connectivity index (χ0v) is 11.6. The van der Waals surface area contributed by atoms with Crippen molar-refractivity contribution in [3.8, 4) is 11.4 Å². The van der Waals surface area contributed by atoms with Crippen LogP contribution in [-0.2, 0) is 11.3 Å². The molecule has 1 N–H and O–H groups in total. The predicted molar refractivity (Wildman–Crippen MR) is 75.1 cm³/mol. The molecule has 0 spiro atoms. The average Bonchev–Trinajstić information content (AvgIpc) is 3.03. The second-order valence-corrected chi connectivity index (χ2v) is 4.84. The van der Waals surface area contributed by atoms with Crippen molar-refractivity contribution in [2.75, 3.05) is 26.2 Å². The van der Waals surface area contributed by atoms with E-state index in [-0.39, 0.29) is 5.91 Å². The van der Waals surface area contributed by atoms with E-state index in [0.717, 1.165) is 31.7 Å². The van der Waals surface area contributed by atoms with Gasteiger partial charge in [-0.15, -0.1) is 5.10 Å². The molecule has 0 saturated carbocycles. The minimum absolute atomic E-state index is 0.146. The third-order valence-electron chi connectivity index (χ3n) is 3.48. The van der Waals surface area contributed by atoms with E-state index in [0.29, 0.717) is 18.8 Å². The first-order valence-corrected chi connectivity index (χ1v) is 6.99. The number of rotatable bonds is 4. The number of carbonyl (C=O) groups is 1. The highest BCUT2D eigenvalue weighted by atomic mass is 16.2. The zero-order valence-electron chi connectivity index (χ0n) is 11.6. The molecule has 3 heterocycles. The van der Waals surface area contributed by atoms with Crippen LogP contribution in [-0.4, -0.2) is 62.2 Å². The summed E-state index contributed by atoms with van der Waals surface area (Å²) in [6, 6.07) is 3.70. The van der Waals surface area contributed by atoms with Gasteiger partial charge in [0, 0.05) is 50.6 Å². The molecule has 1 amide bonds. The highest BCUT2D eigenvalue weighted by molar-refractivity contribution is 5.76. The lowest BCUT2D eigenvalue weighted by Crippen LogP contribution is -2.46. The van der Waals surface area contributed by atoms with Crippen molar-refractivity contribution in [1.29, 1.82) is 0 Å². The molecule has 1 fully saturated rings. The van der Waals surface area contributed by atoms with Gasteiger partial charge in [-0.1, -0.05) is 0 Å². The molecule has 2 aromatic rings. The quantitative estimate of drug-likeness (QED) is 0.820. The number of aromatic nitrogens is 5. The summed E-state index contributed by atoms with van der Waals surface area (Å²) in [4.78, 5) is 18.0. The Hall–Kier alpha value is -2.35. The topological polar surface area (TPSA) is 88.8 Å². The van der Waals surface area contributed by atoms with Crippen LogP contribution < -0.4 is 5.32 Å². The van der Waals surface area contributed by atoms with Gasteiger partial charge in [-0.25, -0.2) is 4.68 Å². The first-order chi connectivity index (χ1) is 10.3. The van der Waals surface area contributed by atoms with Crippen LogP contribution in [0.2, 0.25) is 0 Å². The number of hydrogen-bond donors (Lipinski definition) is 1. The van der Waals surface area contributed by atoms with Crippen LogP contribution in [0.25, 0.3) is 11.4 Å². The molecular formula is C13H17N7O. The Labute approximate surface area is 122 Å². The van der Waals surface area contributed by atoms with Crippen molar-refractivity contribution in [2.24, 2.45) is 0 Å². The zero-order chi connectivity index (χ0) is 14.5. The molecule has 8 heteroatoms. The monoisotopic (exact) mass is 287 g/mol. The molecule has 8 nitrogen and oxygen atoms in total. The number of aryl methyl sites for hydroxylation is 1. The molecule has 1 aliphatic rings. The fourth-order valence-electron chi connectivity index (χ4n) is 2.34. The lowest BCUT2D eigenvalue weighted by Gasteiger charge is -2.27. The van der Waals surface area contributed by atoms with Crippen molar-refractivity contribution >= 4 is 5.91 Å². The summed E-state index contributed by atoms with van der Waals surface area (Å²) in [5.41, 5.74) is 0.893. The third-order valence-corrected chi connectivity index (χ3v) is 3.48. The Bertz CT molecular complexity index is 592. The van der Waals surface area contributed by atoms with Crippen molar-refractivity contribution in [3.63, 3.8) is 0 Å². The van der Waals surface area contributed by atoms with Crippen LogP contribution in [0.5, 0.6) is 0 Å². The Balaban J connectivity index is 1.63. The summed E-state index contributed by atoms with van der Waals surface area (Å²) in [7, 11) is 0. The van der Waals surface area contributed by atoms with Crippen molar-refractivity contribution < 1.29 is 4.79 Å². The summed E-state index contributed by atoms with van der Waals surface area (Å²) in [6.45, 7) is 3.74. The number of piperazine rings is 1. The average molecular weight is 287 g/mol. The molecule has 0 radical (unpaired) electrons. The molecule has 0 unspecified atom stereocenters. The Morgan fingerprint density at radius 3 is 2.76 bits per heavy atom. The van der Waals surface area contributed by atoms with Gasteiger partial charge in [-0.2, -0.15) is 0 Å². The molecule has 0 atom stereocenters. The number of tetrazole rings is 1. The highest BCUT2D eigenvalue weighted by Gasteiger charge is 2.17. The fourth-order valence-corrected chi connectivity index (χ4v) is 2.34. The number of nitrogens with one attached hydrogen (secondary N) is 1. The summed E-state index contributed by atoms with van der Waals surface area (Å²) in [5, 5.41) is 14.9. The molecule has 21 heavy (non-hydrogen) atoms. The van der Waals surface area contributed by atoms with E-state index in [2.05, 4.69) is 25.8 Å². The second kappa shape index (κ2) is 6.40. The molecule has 3 rings (SSSR count). The van der Waals surface area contributed by atoms with E-state index < -0.39 is 0 Å². The first-order valence-electron chi connectivity index (χ1n) is 6.99. The number of hydrogen-bond acceptors (Lipinski definition) is 6. The van der Waals surface area contributed by atoms with Gasteiger partial charge in [0.25, 0.3) is 0 Å². The van der Waals surface area contributed by atoms with Crippen LogP contribution in [0.4, 0.5) is 0 Å². The van der Waals surface area contributed by atoms with Crippen molar-refractivity contribution in [2.45, 2.75) is 13.0 Å². The summed E-state index contributed by atoms with van der Waals surface area (Å²) >= 11 is 0. The fraction of sp³-hybridized carbons (Fsp3) is 0.462. The van der Waals surface area contributed by atoms with Gasteiger partial charge in [0.15, 0.2) is 5.82 Å². The molecule has 0 aromatic carbocycles. The van der Waals surface area contributed by atoms with Crippen LogP contribution in [0.3, 0.4) is 0 Å². The molecule has 2 aromatic heterocycles. The largest absolute Gasteiger partial charge is 0.340 e. The molecule has 1 aliphatic heterocycles. The van der Waals surface area contributed by atoms with Gasteiger partial charge in [-0.3, -0.25) is 9.78 Å². The van der Waals surface area contributed by atoms with E-state index in [1.165, 1.54) is 0 Å². The lowest BCUT2D eigenvalue weighted by molar-refractivity contribution is -0.132. The Morgan fingerprint density at radius 2 is 2.00 bits per heavy atom. The molecular weight excluding hydrogens is 270 g/mol. The van der Waals surface area contributed by atoms with Gasteiger partial charge in [0.1, 0.15) is 0 Å². The Morgan fingerprint density at radius 1 is 1.24 bits per heavy atom. The van der Waals surface area contributed by atoms with Gasteiger partial charge < -0.3 is 10.2 Å². The van der Waals surface area contributed by atoms with Crippen LogP contribution in [0.15, 0.2) is 24.5 Å². The first kappa shape index (κ1) is 13.6. The molecule has 1 saturated heterocycles. The minimum Gasteiger partial charge on any atom is -0.340 e. The third kappa shape index (κ3) is 3.22. The maximum atomic E-state index is 12.1. The smallest absolute Gasteiger partial charge is 0.224 e. The summed E-state index contributed by atoms with van der Waals surface area (Å²) in [6.07, 6.45) is 3.80. The van der Waals surface area contributed by atoms with E-state index in [1.54, 1.807) is 17.1 Å². The second-order valence-electron chi connectivity index (χ2n) is 4.84. The van der Waals surface area contributed by atoms with E-state index in [9.17, 15) is 4.79 Å². The normalized spacial score (nSPS) is 15.1. The summed E-state index contributed by atoms with van der Waals surface area (Å²) in [5.74, 6) is 0.804. The van der Waals surface area contributed by atoms with Gasteiger partial charge >= 0.3 is 0 Å². The number of nitrogens with zero attached hydrogens (tertiary/aromatic N) is 6. The minimum atomic E-state index is 0.146. The summed E-state index contributed by atoms with van der Waals surface area (Å²) < 4.78 is 1.66. The van der Waals surface area contributed by atoms with Crippen molar-refractivity contribution in [3.05, 3.63) is 24.5 Å². The van der Waals surface area contributed by atoms with Crippen LogP contribution in [0.1, 0.15) is 6.42 Å². The lowest BCUT2D eigenvalue weighted by atomic mass is 10.2. The van der Waals surface area contributed by atoms with Gasteiger partial charge in [0.05, 0.1) is 6.54 Å². The molecule has 0 bridgehead atoms. The number of amides is 1. The van der Waals surface area contributed by atoms with Gasteiger partial charge in [-0.05, 0) is 22.6 Å². The standard InChI is InChI=1S/C13H17N7O/c21-12(19-9-6-15-7-10-19)3-8-20-13(16-17-18-20)11-1-4-14-5-2-11/h1-2,4-5,15H,3,6-10H2. The van der Waals surface area contributed by atoms with Crippen LogP contribution >= 0.6 is 0 Å². The van der Waals surface area contributed by atoms with Crippen LogP contribution in [0, 0.1) is 0 Å². The maximum absolute atomic E-state index is 12.1. The Kier molecular flexibility index (Phi) is 4.15. The number of carbonyl (C=O) groups excluding carboxylic acids is 1. The maximum Gasteiger partial charge on any atom is 0.224 e. The van der Waals surface area contributed by atoms with Crippen molar-refractivity contribution in [1.82, 2.24) is 35.4 Å². The predicted octanol–water partition coefficient (Wildman–Crippen LogP) is -0.443. The molecule has 110 valence electrons.